The summed E-state index contributed by atoms with van der Waals surface area (Å²) in [6, 6.07) is 0. The van der Waals surface area contributed by atoms with E-state index in [1.165, 1.54) is 0 Å². The molecular weight excluding hydrogens is 242 g/mol. The lowest BCUT2D eigenvalue weighted by atomic mass is 10.1. The summed E-state index contributed by atoms with van der Waals surface area (Å²) in [5, 5.41) is 3.12. The van der Waals surface area contributed by atoms with Crippen LogP contribution < -0.4 is 10.1 Å². The predicted molar refractivity (Wildman–Crippen MR) is 73.3 cm³/mol. The summed E-state index contributed by atoms with van der Waals surface area (Å²) < 4.78 is 11.2. The number of nitrogens with one attached hydrogen (secondary N) is 1. The van der Waals surface area contributed by atoms with Crippen molar-refractivity contribution in [2.75, 3.05) is 26.9 Å². The molecule has 0 radical (unpaired) electrons. The Balaban J connectivity index is 2.04. The number of nitrogens with zero attached hydrogens (tertiary/aromatic N) is 2. The molecule has 1 aromatic rings. The van der Waals surface area contributed by atoms with E-state index in [0.717, 1.165) is 36.9 Å². The van der Waals surface area contributed by atoms with Gasteiger partial charge in [0, 0.05) is 25.0 Å². The normalized spacial score (nSPS) is 19.1. The molecule has 1 aliphatic rings. The Morgan fingerprint density at radius 3 is 3.00 bits per heavy atom. The summed E-state index contributed by atoms with van der Waals surface area (Å²) in [5.41, 5.74) is 0.931. The number of hydrogen-bond acceptors (Lipinski definition) is 5. The van der Waals surface area contributed by atoms with E-state index in [-0.39, 0.29) is 0 Å². The molecule has 1 N–H and O–H groups in total. The molecule has 5 nitrogen and oxygen atoms in total. The second kappa shape index (κ2) is 6.82. The molecular formula is C14H23N3O2. The molecule has 0 aromatic carbocycles. The Bertz CT molecular complexity index is 404. The quantitative estimate of drug-likeness (QED) is 0.849. The Morgan fingerprint density at radius 1 is 1.53 bits per heavy atom. The maximum atomic E-state index is 5.86. The van der Waals surface area contributed by atoms with Gasteiger partial charge < -0.3 is 14.8 Å². The van der Waals surface area contributed by atoms with Gasteiger partial charge in [0.1, 0.15) is 5.82 Å². The van der Waals surface area contributed by atoms with Crippen LogP contribution in [0.25, 0.3) is 0 Å². The first-order valence-electron chi connectivity index (χ1n) is 6.91. The zero-order chi connectivity index (χ0) is 13.7. The Morgan fingerprint density at radius 2 is 2.37 bits per heavy atom. The number of hydrogen-bond donors (Lipinski definition) is 1. The van der Waals surface area contributed by atoms with Crippen LogP contribution in [0.5, 0.6) is 5.75 Å². The van der Waals surface area contributed by atoms with Gasteiger partial charge in [-0.3, -0.25) is 0 Å². The predicted octanol–water partition coefficient (Wildman–Crippen LogP) is 1.73. The zero-order valence-electron chi connectivity index (χ0n) is 12.0. The summed E-state index contributed by atoms with van der Waals surface area (Å²) in [7, 11) is 1.91. The summed E-state index contributed by atoms with van der Waals surface area (Å²) in [4.78, 5) is 8.95. The van der Waals surface area contributed by atoms with Crippen LogP contribution in [0.3, 0.4) is 0 Å². The molecule has 0 bridgehead atoms. The van der Waals surface area contributed by atoms with E-state index in [4.69, 9.17) is 9.47 Å². The van der Waals surface area contributed by atoms with Crippen LogP contribution in [0.2, 0.25) is 0 Å². The van der Waals surface area contributed by atoms with Crippen molar-refractivity contribution in [3.63, 3.8) is 0 Å². The summed E-state index contributed by atoms with van der Waals surface area (Å²) in [5.74, 6) is 2.47. The average molecular weight is 265 g/mol. The maximum absolute atomic E-state index is 5.86. The molecule has 2 rings (SSSR count). The Hall–Kier alpha value is -1.20. The lowest BCUT2D eigenvalue weighted by molar-refractivity contribution is 0.166. The van der Waals surface area contributed by atoms with Crippen LogP contribution in [-0.2, 0) is 11.3 Å². The minimum Gasteiger partial charge on any atom is -0.490 e. The third-order valence-electron chi connectivity index (χ3n) is 3.21. The standard InChI is InChI=1S/C14H23N3O2/c1-10(2)14-16-7-13(12(17-14)6-15-3)19-9-11-4-5-18-8-11/h7,10-11,15H,4-6,8-9H2,1-3H3. The van der Waals surface area contributed by atoms with Crippen LogP contribution >= 0.6 is 0 Å². The highest BCUT2D eigenvalue weighted by atomic mass is 16.5. The van der Waals surface area contributed by atoms with Gasteiger partial charge in [0.15, 0.2) is 5.75 Å². The molecule has 19 heavy (non-hydrogen) atoms. The van der Waals surface area contributed by atoms with E-state index < -0.39 is 0 Å². The van der Waals surface area contributed by atoms with Gasteiger partial charge >= 0.3 is 0 Å². The molecule has 1 fully saturated rings. The van der Waals surface area contributed by atoms with Crippen LogP contribution in [0.1, 0.15) is 37.7 Å². The maximum Gasteiger partial charge on any atom is 0.160 e. The summed E-state index contributed by atoms with van der Waals surface area (Å²) in [6.45, 7) is 7.20. The smallest absolute Gasteiger partial charge is 0.160 e. The molecule has 1 atom stereocenters. The van der Waals surface area contributed by atoms with E-state index in [1.54, 1.807) is 6.20 Å². The fraction of sp³-hybridized carbons (Fsp3) is 0.714. The third kappa shape index (κ3) is 3.88. The second-order valence-electron chi connectivity index (χ2n) is 5.26. The lowest BCUT2D eigenvalue weighted by Crippen LogP contribution is -2.16. The van der Waals surface area contributed by atoms with E-state index in [0.29, 0.717) is 25.0 Å². The average Bonchev–Trinajstić information content (AvgIpc) is 2.90. The molecule has 1 aliphatic heterocycles. The summed E-state index contributed by atoms with van der Waals surface area (Å²) >= 11 is 0. The van der Waals surface area contributed by atoms with Crippen molar-refractivity contribution in [3.8, 4) is 5.75 Å². The van der Waals surface area contributed by atoms with E-state index in [1.807, 2.05) is 7.05 Å². The highest BCUT2D eigenvalue weighted by Crippen LogP contribution is 2.20. The van der Waals surface area contributed by atoms with Crippen molar-refractivity contribution < 1.29 is 9.47 Å². The van der Waals surface area contributed by atoms with E-state index in [9.17, 15) is 0 Å². The Labute approximate surface area is 114 Å². The van der Waals surface area contributed by atoms with Gasteiger partial charge in [-0.2, -0.15) is 0 Å². The molecule has 0 aliphatic carbocycles. The van der Waals surface area contributed by atoms with Gasteiger partial charge in [0.25, 0.3) is 0 Å². The fourth-order valence-corrected chi connectivity index (χ4v) is 2.04. The van der Waals surface area contributed by atoms with Crippen molar-refractivity contribution >= 4 is 0 Å². The first-order valence-corrected chi connectivity index (χ1v) is 6.91. The second-order valence-corrected chi connectivity index (χ2v) is 5.26. The first-order chi connectivity index (χ1) is 9.20. The largest absolute Gasteiger partial charge is 0.490 e. The van der Waals surface area contributed by atoms with Gasteiger partial charge in [-0.15, -0.1) is 0 Å². The van der Waals surface area contributed by atoms with Crippen molar-refractivity contribution in [2.24, 2.45) is 5.92 Å². The topological polar surface area (TPSA) is 56.3 Å². The fourth-order valence-electron chi connectivity index (χ4n) is 2.04. The van der Waals surface area contributed by atoms with Crippen LogP contribution in [0, 0.1) is 5.92 Å². The van der Waals surface area contributed by atoms with Gasteiger partial charge in [0.05, 0.1) is 25.1 Å². The minimum absolute atomic E-state index is 0.327. The van der Waals surface area contributed by atoms with Crippen LogP contribution in [-0.4, -0.2) is 36.8 Å². The van der Waals surface area contributed by atoms with E-state index >= 15 is 0 Å². The minimum atomic E-state index is 0.327. The molecule has 0 saturated carbocycles. The van der Waals surface area contributed by atoms with Crippen molar-refractivity contribution in [1.82, 2.24) is 15.3 Å². The van der Waals surface area contributed by atoms with Crippen molar-refractivity contribution in [1.29, 1.82) is 0 Å². The number of aromatic nitrogens is 2. The van der Waals surface area contributed by atoms with Gasteiger partial charge in [0.2, 0.25) is 0 Å². The monoisotopic (exact) mass is 265 g/mol. The molecule has 106 valence electrons. The number of ether oxygens (including phenoxy) is 2. The van der Waals surface area contributed by atoms with E-state index in [2.05, 4.69) is 29.1 Å². The molecule has 0 amide bonds. The van der Waals surface area contributed by atoms with Crippen molar-refractivity contribution in [3.05, 3.63) is 17.7 Å². The lowest BCUT2D eigenvalue weighted by Gasteiger charge is -2.14. The molecule has 1 aromatic heterocycles. The highest BCUT2D eigenvalue weighted by molar-refractivity contribution is 5.25. The van der Waals surface area contributed by atoms with Crippen LogP contribution in [0.15, 0.2) is 6.20 Å². The van der Waals surface area contributed by atoms with Gasteiger partial charge in [-0.05, 0) is 13.5 Å². The molecule has 1 saturated heterocycles. The zero-order valence-corrected chi connectivity index (χ0v) is 12.0. The molecule has 5 heteroatoms. The molecule has 1 unspecified atom stereocenters. The molecule has 0 spiro atoms. The number of rotatable bonds is 6. The van der Waals surface area contributed by atoms with Crippen molar-refractivity contribution in [2.45, 2.75) is 32.7 Å². The first kappa shape index (κ1) is 14.2. The summed E-state index contributed by atoms with van der Waals surface area (Å²) in [6.07, 6.45) is 2.87. The van der Waals surface area contributed by atoms with Gasteiger partial charge in [-0.1, -0.05) is 13.8 Å². The Kier molecular flexibility index (Phi) is 5.10. The van der Waals surface area contributed by atoms with Crippen LogP contribution in [0.4, 0.5) is 0 Å². The van der Waals surface area contributed by atoms with Gasteiger partial charge in [-0.25, -0.2) is 9.97 Å². The highest BCUT2D eigenvalue weighted by Gasteiger charge is 2.17. The third-order valence-corrected chi connectivity index (χ3v) is 3.21. The molecule has 2 heterocycles. The SMILES string of the molecule is CNCc1nc(C(C)C)ncc1OCC1CCOC1.